The van der Waals surface area contributed by atoms with Gasteiger partial charge < -0.3 is 4.74 Å². The molecule has 1 aromatic rings. The standard InChI is InChI=1S/C12H14O/c1-3-11(2)9-13-10-12-7-5-4-6-8-12/h3-8H,1-2,9-10H2. The van der Waals surface area contributed by atoms with Gasteiger partial charge in [0, 0.05) is 0 Å². The highest BCUT2D eigenvalue weighted by Gasteiger charge is 1.91. The Labute approximate surface area is 79.4 Å². The minimum Gasteiger partial charge on any atom is -0.372 e. The Morgan fingerprint density at radius 3 is 2.62 bits per heavy atom. The van der Waals surface area contributed by atoms with Crippen molar-refractivity contribution in [3.63, 3.8) is 0 Å². The summed E-state index contributed by atoms with van der Waals surface area (Å²) in [4.78, 5) is 0. The minimum absolute atomic E-state index is 0.554. The highest BCUT2D eigenvalue weighted by Crippen LogP contribution is 2.02. The van der Waals surface area contributed by atoms with E-state index in [4.69, 9.17) is 4.74 Å². The molecule has 1 heteroatoms. The molecule has 0 saturated heterocycles. The van der Waals surface area contributed by atoms with Crippen LogP contribution in [0.25, 0.3) is 0 Å². The van der Waals surface area contributed by atoms with Crippen molar-refractivity contribution in [3.05, 3.63) is 60.7 Å². The fraction of sp³-hybridized carbons (Fsp3) is 0.167. The molecule has 0 bridgehead atoms. The molecule has 0 N–H and O–H groups in total. The van der Waals surface area contributed by atoms with E-state index in [-0.39, 0.29) is 0 Å². The monoisotopic (exact) mass is 174 g/mol. The van der Waals surface area contributed by atoms with Gasteiger partial charge in [-0.3, -0.25) is 0 Å². The topological polar surface area (TPSA) is 9.23 Å². The molecule has 0 fully saturated rings. The van der Waals surface area contributed by atoms with Crippen LogP contribution in [0.4, 0.5) is 0 Å². The van der Waals surface area contributed by atoms with Gasteiger partial charge in [-0.25, -0.2) is 0 Å². The second kappa shape index (κ2) is 5.33. The van der Waals surface area contributed by atoms with Gasteiger partial charge in [-0.2, -0.15) is 0 Å². The first-order chi connectivity index (χ1) is 6.33. The Bertz CT molecular complexity index is 274. The molecule has 0 unspecified atom stereocenters. The van der Waals surface area contributed by atoms with Crippen LogP contribution in [0.2, 0.25) is 0 Å². The van der Waals surface area contributed by atoms with Crippen LogP contribution in [0.3, 0.4) is 0 Å². The van der Waals surface area contributed by atoms with Crippen LogP contribution >= 0.6 is 0 Å². The van der Waals surface area contributed by atoms with Gasteiger partial charge in [-0.15, -0.1) is 0 Å². The number of ether oxygens (including phenoxy) is 1. The van der Waals surface area contributed by atoms with Crippen molar-refractivity contribution in [3.8, 4) is 0 Å². The van der Waals surface area contributed by atoms with E-state index in [1.165, 1.54) is 5.56 Å². The Morgan fingerprint density at radius 2 is 2.00 bits per heavy atom. The summed E-state index contributed by atoms with van der Waals surface area (Å²) >= 11 is 0. The highest BCUT2D eigenvalue weighted by molar-refractivity contribution is 5.14. The van der Waals surface area contributed by atoms with Gasteiger partial charge in [0.1, 0.15) is 0 Å². The molecule has 0 atom stereocenters. The Balaban J connectivity index is 2.28. The first-order valence-corrected chi connectivity index (χ1v) is 4.25. The smallest absolute Gasteiger partial charge is 0.0721 e. The van der Waals surface area contributed by atoms with E-state index in [2.05, 4.69) is 13.2 Å². The van der Waals surface area contributed by atoms with Gasteiger partial charge in [-0.1, -0.05) is 49.6 Å². The summed E-state index contributed by atoms with van der Waals surface area (Å²) in [5.74, 6) is 0. The van der Waals surface area contributed by atoms with Crippen molar-refractivity contribution in [2.24, 2.45) is 0 Å². The molecule has 0 saturated carbocycles. The fourth-order valence-electron chi connectivity index (χ4n) is 0.933. The number of hydrogen-bond acceptors (Lipinski definition) is 1. The number of rotatable bonds is 5. The SMILES string of the molecule is C=CC(=C)COCc1ccccc1. The summed E-state index contributed by atoms with van der Waals surface area (Å²) in [6, 6.07) is 10.1. The number of benzene rings is 1. The third-order valence-corrected chi connectivity index (χ3v) is 1.69. The molecule has 1 rings (SSSR count). The maximum Gasteiger partial charge on any atom is 0.0721 e. The zero-order valence-corrected chi connectivity index (χ0v) is 7.70. The number of hydrogen-bond donors (Lipinski definition) is 0. The normalized spacial score (nSPS) is 9.54. The fourth-order valence-corrected chi connectivity index (χ4v) is 0.933. The average molecular weight is 174 g/mol. The molecule has 0 aliphatic carbocycles. The predicted octanol–water partition coefficient (Wildman–Crippen LogP) is 2.95. The van der Waals surface area contributed by atoms with Gasteiger partial charge in [0.25, 0.3) is 0 Å². The maximum absolute atomic E-state index is 5.40. The van der Waals surface area contributed by atoms with E-state index in [1.54, 1.807) is 6.08 Å². The van der Waals surface area contributed by atoms with Crippen LogP contribution in [0, 0.1) is 0 Å². The summed E-state index contributed by atoms with van der Waals surface area (Å²) < 4.78 is 5.40. The van der Waals surface area contributed by atoms with E-state index < -0.39 is 0 Å². The van der Waals surface area contributed by atoms with E-state index in [0.29, 0.717) is 13.2 Å². The Morgan fingerprint density at radius 1 is 1.31 bits per heavy atom. The van der Waals surface area contributed by atoms with Crippen LogP contribution in [-0.4, -0.2) is 6.61 Å². The highest BCUT2D eigenvalue weighted by atomic mass is 16.5. The quantitative estimate of drug-likeness (QED) is 0.623. The van der Waals surface area contributed by atoms with Crippen molar-refractivity contribution >= 4 is 0 Å². The lowest BCUT2D eigenvalue weighted by Gasteiger charge is -2.03. The molecule has 0 heterocycles. The molecule has 1 aromatic carbocycles. The molecule has 0 spiro atoms. The summed E-state index contributed by atoms with van der Waals surface area (Å²) in [6.45, 7) is 8.55. The minimum atomic E-state index is 0.554. The third kappa shape index (κ3) is 3.72. The molecular formula is C12H14O. The molecule has 13 heavy (non-hydrogen) atoms. The molecule has 0 aromatic heterocycles. The summed E-state index contributed by atoms with van der Waals surface area (Å²) in [6.07, 6.45) is 1.71. The third-order valence-electron chi connectivity index (χ3n) is 1.69. The van der Waals surface area contributed by atoms with Crippen LogP contribution in [0.5, 0.6) is 0 Å². The maximum atomic E-state index is 5.40. The summed E-state index contributed by atoms with van der Waals surface area (Å²) in [5.41, 5.74) is 2.09. The van der Waals surface area contributed by atoms with Crippen molar-refractivity contribution in [2.45, 2.75) is 6.61 Å². The van der Waals surface area contributed by atoms with Gasteiger partial charge in [-0.05, 0) is 11.1 Å². The van der Waals surface area contributed by atoms with E-state index in [0.717, 1.165) is 5.57 Å². The predicted molar refractivity (Wildman–Crippen MR) is 55.4 cm³/mol. The Kier molecular flexibility index (Phi) is 4.00. The summed E-state index contributed by atoms with van der Waals surface area (Å²) in [5, 5.41) is 0. The lowest BCUT2D eigenvalue weighted by Crippen LogP contribution is -1.95. The van der Waals surface area contributed by atoms with Gasteiger partial charge in [0.15, 0.2) is 0 Å². The second-order valence-electron chi connectivity index (χ2n) is 2.84. The van der Waals surface area contributed by atoms with E-state index in [9.17, 15) is 0 Å². The van der Waals surface area contributed by atoms with Crippen molar-refractivity contribution in [2.75, 3.05) is 6.61 Å². The van der Waals surface area contributed by atoms with Crippen LogP contribution in [0.15, 0.2) is 55.1 Å². The van der Waals surface area contributed by atoms with Crippen LogP contribution < -0.4 is 0 Å². The first-order valence-electron chi connectivity index (χ1n) is 4.25. The molecule has 0 aliphatic heterocycles. The zero-order chi connectivity index (χ0) is 9.52. The van der Waals surface area contributed by atoms with Crippen molar-refractivity contribution in [1.82, 2.24) is 0 Å². The molecule has 0 aliphatic rings. The van der Waals surface area contributed by atoms with Crippen molar-refractivity contribution in [1.29, 1.82) is 0 Å². The van der Waals surface area contributed by atoms with E-state index in [1.807, 2.05) is 30.3 Å². The zero-order valence-electron chi connectivity index (χ0n) is 7.70. The van der Waals surface area contributed by atoms with Crippen molar-refractivity contribution < 1.29 is 4.74 Å². The summed E-state index contributed by atoms with van der Waals surface area (Å²) in [7, 11) is 0. The van der Waals surface area contributed by atoms with Gasteiger partial charge >= 0.3 is 0 Å². The largest absolute Gasteiger partial charge is 0.372 e. The van der Waals surface area contributed by atoms with Crippen LogP contribution in [-0.2, 0) is 11.3 Å². The first kappa shape index (κ1) is 9.75. The van der Waals surface area contributed by atoms with Gasteiger partial charge in [0.2, 0.25) is 0 Å². The average Bonchev–Trinajstić information content (AvgIpc) is 2.19. The Hall–Kier alpha value is -1.34. The lowest BCUT2D eigenvalue weighted by atomic mass is 10.2. The molecular weight excluding hydrogens is 160 g/mol. The molecule has 1 nitrogen and oxygen atoms in total. The van der Waals surface area contributed by atoms with E-state index >= 15 is 0 Å². The molecule has 0 radical (unpaired) electrons. The lowest BCUT2D eigenvalue weighted by molar-refractivity contribution is 0.144. The molecule has 0 amide bonds. The second-order valence-corrected chi connectivity index (χ2v) is 2.84. The molecule has 68 valence electrons. The van der Waals surface area contributed by atoms with Gasteiger partial charge in [0.05, 0.1) is 13.2 Å². The van der Waals surface area contributed by atoms with Crippen LogP contribution in [0.1, 0.15) is 5.56 Å².